The van der Waals surface area contributed by atoms with Crippen LogP contribution < -0.4 is 28.7 Å². The van der Waals surface area contributed by atoms with Crippen LogP contribution in [0.1, 0.15) is 120 Å². The van der Waals surface area contributed by atoms with Crippen molar-refractivity contribution in [3.8, 4) is 11.5 Å². The summed E-state index contributed by atoms with van der Waals surface area (Å²) in [6.07, 6.45) is 17.1. The predicted molar refractivity (Wildman–Crippen MR) is 348 cm³/mol. The second-order valence-electron chi connectivity index (χ2n) is 25.3. The van der Waals surface area contributed by atoms with Gasteiger partial charge < -0.3 is 39.7 Å². The van der Waals surface area contributed by atoms with Crippen LogP contribution in [-0.4, -0.2) is 125 Å². The molecule has 6 N–H and O–H groups in total. The number of benzene rings is 4. The highest BCUT2D eigenvalue weighted by Gasteiger charge is 2.47. The van der Waals surface area contributed by atoms with Gasteiger partial charge in [-0.1, -0.05) is 59.6 Å². The number of hydrogen-bond donors (Lipinski definition) is 6. The first-order valence-electron chi connectivity index (χ1n) is 30.9. The summed E-state index contributed by atoms with van der Waals surface area (Å²) >= 11 is 12.8. The molecule has 2 aliphatic heterocycles. The Morgan fingerprint density at radius 3 is 1.34 bits per heavy atom. The van der Waals surface area contributed by atoms with E-state index in [4.69, 9.17) is 32.7 Å². The second kappa shape index (κ2) is 29.1. The Labute approximate surface area is 529 Å². The normalized spacial score (nSPS) is 24.1. The molecule has 0 unspecified atom stereocenters. The molecule has 0 bridgehead atoms. The van der Waals surface area contributed by atoms with Crippen LogP contribution in [0.5, 0.6) is 11.5 Å². The van der Waals surface area contributed by atoms with E-state index in [-0.39, 0.29) is 70.3 Å². The van der Waals surface area contributed by atoms with Gasteiger partial charge in [0.2, 0.25) is 20.0 Å². The Hall–Kier alpha value is -5.70. The largest absolute Gasteiger partial charge is 0.490 e. The van der Waals surface area contributed by atoms with Gasteiger partial charge in [-0.15, -0.1) is 26.3 Å². The highest BCUT2D eigenvalue weighted by molar-refractivity contribution is 7.90. The van der Waals surface area contributed by atoms with E-state index in [1.807, 2.05) is 24.3 Å². The number of sulfonamides is 2. The molecular weight excluding hydrogens is 1200 g/mol. The molecule has 2 fully saturated rings. The fourth-order valence-electron chi connectivity index (χ4n) is 14.4. The molecular formula is C68H86Cl2N4O12S2. The molecule has 6 aliphatic rings. The zero-order chi connectivity index (χ0) is 63.0. The molecule has 4 aromatic rings. The molecule has 0 aromatic heterocycles. The van der Waals surface area contributed by atoms with Gasteiger partial charge in [0.05, 0.1) is 48.3 Å². The zero-order valence-electron chi connectivity index (χ0n) is 50.2. The third-order valence-electron chi connectivity index (χ3n) is 19.2. The molecule has 4 aromatic carbocycles. The van der Waals surface area contributed by atoms with Crippen molar-refractivity contribution in [2.75, 3.05) is 73.9 Å². The van der Waals surface area contributed by atoms with E-state index >= 15 is 0 Å². The van der Waals surface area contributed by atoms with Crippen LogP contribution in [0.4, 0.5) is 11.4 Å². The maximum Gasteiger partial charge on any atom is 0.264 e. The topological polar surface area (TPSA) is 232 Å². The summed E-state index contributed by atoms with van der Waals surface area (Å²) in [7, 11) is -8.00. The van der Waals surface area contributed by atoms with E-state index in [1.54, 1.807) is 60.7 Å². The minimum Gasteiger partial charge on any atom is -0.490 e. The van der Waals surface area contributed by atoms with Gasteiger partial charge in [-0.3, -0.25) is 9.59 Å². The van der Waals surface area contributed by atoms with E-state index in [9.17, 15) is 46.9 Å². The van der Waals surface area contributed by atoms with E-state index < -0.39 is 55.9 Å². The number of aryl methyl sites for hydroxylation is 2. The molecule has 10 atom stereocenters. The minimum atomic E-state index is -4.00. The summed E-state index contributed by atoms with van der Waals surface area (Å²) in [5, 5.41) is 42.1. The average Bonchev–Trinajstić information content (AvgIpc) is 1.58. The summed E-state index contributed by atoms with van der Waals surface area (Å²) in [4.78, 5) is 31.1. The van der Waals surface area contributed by atoms with Crippen molar-refractivity contribution in [2.45, 2.75) is 113 Å². The predicted octanol–water partition coefficient (Wildman–Crippen LogP) is 10.0. The van der Waals surface area contributed by atoms with Crippen molar-refractivity contribution in [3.05, 3.63) is 167 Å². The number of fused-ring (bicyclic) bond motifs is 6. The summed E-state index contributed by atoms with van der Waals surface area (Å²) in [6.45, 7) is 17.7. The average molecular weight is 1290 g/mol. The first-order chi connectivity index (χ1) is 42.1. The summed E-state index contributed by atoms with van der Waals surface area (Å²) in [5.74, 6) is -1.26. The molecule has 0 radical (unpaired) electrons. The fraction of sp³-hybridized carbons (Fsp3) is 0.500. The Kier molecular flexibility index (Phi) is 22.0. The number of aliphatic hydroxyl groups is 4. The lowest BCUT2D eigenvalue weighted by molar-refractivity contribution is 0.0176. The van der Waals surface area contributed by atoms with Gasteiger partial charge in [0.1, 0.15) is 11.5 Å². The maximum absolute atomic E-state index is 13.3. The number of amides is 2. The van der Waals surface area contributed by atoms with Crippen LogP contribution in [0.25, 0.3) is 0 Å². The third kappa shape index (κ3) is 15.5. The van der Waals surface area contributed by atoms with Gasteiger partial charge in [0, 0.05) is 83.2 Å². The molecule has 20 heteroatoms. The van der Waals surface area contributed by atoms with Crippen molar-refractivity contribution < 1.29 is 56.3 Å². The Morgan fingerprint density at radius 1 is 0.591 bits per heavy atom. The van der Waals surface area contributed by atoms with E-state index in [0.717, 1.165) is 75.6 Å². The van der Waals surface area contributed by atoms with Crippen LogP contribution in [0.3, 0.4) is 0 Å². The lowest BCUT2D eigenvalue weighted by Gasteiger charge is -2.45. The first kappa shape index (κ1) is 66.7. The quantitative estimate of drug-likeness (QED) is 0.0359. The van der Waals surface area contributed by atoms with Gasteiger partial charge in [-0.25, -0.2) is 26.3 Å². The molecule has 10 rings (SSSR count). The van der Waals surface area contributed by atoms with Crippen molar-refractivity contribution in [2.24, 2.45) is 35.5 Å². The highest BCUT2D eigenvalue weighted by Crippen LogP contribution is 2.49. The lowest BCUT2D eigenvalue weighted by Crippen LogP contribution is -2.49. The van der Waals surface area contributed by atoms with E-state index in [2.05, 4.69) is 57.7 Å². The van der Waals surface area contributed by atoms with Gasteiger partial charge in [0.15, 0.2) is 0 Å². The number of ether oxygens (including phenoxy) is 2. The number of anilines is 2. The number of nitrogens with one attached hydrogen (secondary N) is 2. The molecule has 2 amide bonds. The van der Waals surface area contributed by atoms with Crippen LogP contribution >= 0.6 is 23.2 Å². The number of hydrogen-bond acceptors (Lipinski definition) is 14. The van der Waals surface area contributed by atoms with Gasteiger partial charge in [-0.2, -0.15) is 0 Å². The van der Waals surface area contributed by atoms with Crippen molar-refractivity contribution in [3.63, 3.8) is 0 Å². The van der Waals surface area contributed by atoms with Gasteiger partial charge in [0.25, 0.3) is 11.8 Å². The number of allylic oxidation sites excluding steroid dienone is 2. The van der Waals surface area contributed by atoms with Crippen LogP contribution in [0, 0.1) is 35.5 Å². The smallest absolute Gasteiger partial charge is 0.264 e. The number of halogens is 2. The Morgan fingerprint density at radius 2 is 0.989 bits per heavy atom. The second-order valence-corrected chi connectivity index (χ2v) is 29.7. The molecule has 16 nitrogen and oxygen atoms in total. The van der Waals surface area contributed by atoms with Crippen LogP contribution in [-0.2, 0) is 43.7 Å². The first-order valence-corrected chi connectivity index (χ1v) is 34.9. The number of nitrogens with zero attached hydrogens (tertiary/aromatic N) is 2. The van der Waals surface area contributed by atoms with Gasteiger partial charge in [-0.05, 0) is 196 Å². The number of carbonyl (C=O) groups is 2. The van der Waals surface area contributed by atoms with Crippen LogP contribution in [0.2, 0.25) is 10.0 Å². The molecule has 2 heterocycles. The molecule has 476 valence electrons. The fourth-order valence-corrected chi connectivity index (χ4v) is 17.5. The summed E-state index contributed by atoms with van der Waals surface area (Å²) in [6, 6.07) is 22.3. The van der Waals surface area contributed by atoms with E-state index in [1.165, 1.54) is 22.3 Å². The molecule has 2 spiro atoms. The number of carbonyl (C=O) groups excluding carboxylic acids is 2. The molecule has 88 heavy (non-hydrogen) atoms. The lowest BCUT2D eigenvalue weighted by atomic mass is 9.68. The molecule has 2 saturated carbocycles. The molecule has 4 aliphatic carbocycles. The third-order valence-corrected chi connectivity index (χ3v) is 22.5. The maximum atomic E-state index is 13.3. The standard InChI is InChI=1S/2C34H43ClN2O6S/c2*1-3-6-23(19-38)20-44(41,42)36-33(40)25-10-14-32-30(17-25)37(18-26-9-12-28(26)31(39)7-4-2)21-34(22-43-32)15-5-8-24-16-27(35)11-13-29(24)34/h2*3-4,10-11,13-14,16-17,23,26,28,31,38-39H,1-2,5-9,12,15,18-22H2,(H,36,40)/t23-,26+,28-,31+,34+;23-,26-,28+,31-,34-/m10/s1. The van der Waals surface area contributed by atoms with Crippen molar-refractivity contribution in [1.29, 1.82) is 0 Å². The van der Waals surface area contributed by atoms with Crippen molar-refractivity contribution >= 4 is 66.4 Å². The van der Waals surface area contributed by atoms with Gasteiger partial charge >= 0.3 is 0 Å². The molecule has 0 saturated heterocycles. The van der Waals surface area contributed by atoms with Crippen molar-refractivity contribution in [1.82, 2.24) is 9.44 Å². The van der Waals surface area contributed by atoms with E-state index in [0.29, 0.717) is 86.6 Å². The number of rotatable bonds is 24. The highest BCUT2D eigenvalue weighted by atomic mass is 35.5. The Bertz CT molecular complexity index is 3220. The SMILES string of the molecule is C=CC[C@@H](CO)CS(=O)(=O)NC(=O)c1ccc2c(c1)N(C[C@@H]1CC[C@H]1[C@@H](O)CC=C)C[C@@]1(CCCc3cc(Cl)ccc31)CO2.C=CC[C@H](CO)CS(=O)(=O)NC(=O)c1ccc2c(c1)N(C[C@@H]1CC[C@H]1[C@@H](O)CC=C)C[C@@]1(CCCc3cc(Cl)ccc31)CO2. The number of aliphatic hydroxyl groups excluding tert-OH is 4. The Balaban J connectivity index is 0.000000209. The minimum absolute atomic E-state index is 0.153. The van der Waals surface area contributed by atoms with Crippen LogP contribution in [0.15, 0.2) is 123 Å². The summed E-state index contributed by atoms with van der Waals surface area (Å²) < 4.78 is 68.6. The monoisotopic (exact) mass is 1280 g/mol. The zero-order valence-corrected chi connectivity index (χ0v) is 53.3. The summed E-state index contributed by atoms with van der Waals surface area (Å²) in [5.41, 5.74) is 6.18.